The summed E-state index contributed by atoms with van der Waals surface area (Å²) in [5.74, 6) is -0.615. The van der Waals surface area contributed by atoms with Gasteiger partial charge in [-0.1, -0.05) is 24.3 Å². The lowest BCUT2D eigenvalue weighted by atomic mass is 10.1. The first-order valence-electron chi connectivity index (χ1n) is 4.69. The molecule has 0 aliphatic carbocycles. The minimum Gasteiger partial charge on any atom is -0.392 e. The van der Waals surface area contributed by atoms with Gasteiger partial charge in [-0.15, -0.1) is 0 Å². The van der Waals surface area contributed by atoms with Crippen LogP contribution in [0.25, 0.3) is 0 Å². The highest BCUT2D eigenvalue weighted by atomic mass is 16.6. The zero-order valence-electron chi connectivity index (χ0n) is 8.55. The molecule has 6 nitrogen and oxygen atoms in total. The van der Waals surface area contributed by atoms with Crippen LogP contribution in [0.2, 0.25) is 0 Å². The van der Waals surface area contributed by atoms with E-state index in [0.29, 0.717) is 0 Å². The van der Waals surface area contributed by atoms with Crippen LogP contribution in [0.4, 0.5) is 0 Å². The molecule has 0 bridgehead atoms. The van der Waals surface area contributed by atoms with Gasteiger partial charge in [-0.25, -0.2) is 0 Å². The number of rotatable bonds is 5. The van der Waals surface area contributed by atoms with E-state index in [4.69, 9.17) is 5.11 Å². The third-order valence-electron chi connectivity index (χ3n) is 1.97. The SMILES string of the molecule is O=C(C[N+](=O)[O-])NCc1ccc(CO)cc1. The number of aliphatic hydroxyl groups excluding tert-OH is 1. The molecular formula is C10H12N2O4. The van der Waals surface area contributed by atoms with Crippen molar-refractivity contribution in [3.63, 3.8) is 0 Å². The molecule has 86 valence electrons. The summed E-state index contributed by atoms with van der Waals surface area (Å²) < 4.78 is 0. The molecule has 0 fully saturated rings. The van der Waals surface area contributed by atoms with E-state index in [2.05, 4.69) is 5.32 Å². The van der Waals surface area contributed by atoms with Crippen molar-refractivity contribution in [3.8, 4) is 0 Å². The van der Waals surface area contributed by atoms with Gasteiger partial charge in [0.15, 0.2) is 0 Å². The summed E-state index contributed by atoms with van der Waals surface area (Å²) in [6.07, 6.45) is 0. The zero-order chi connectivity index (χ0) is 12.0. The molecule has 1 amide bonds. The van der Waals surface area contributed by atoms with Crippen molar-refractivity contribution in [1.82, 2.24) is 5.32 Å². The normalized spacial score (nSPS) is 9.81. The minimum absolute atomic E-state index is 0.0338. The molecule has 2 N–H and O–H groups in total. The van der Waals surface area contributed by atoms with Gasteiger partial charge in [-0.2, -0.15) is 0 Å². The topological polar surface area (TPSA) is 92.5 Å². The van der Waals surface area contributed by atoms with Gasteiger partial charge in [-0.3, -0.25) is 14.9 Å². The van der Waals surface area contributed by atoms with E-state index >= 15 is 0 Å². The largest absolute Gasteiger partial charge is 0.392 e. The van der Waals surface area contributed by atoms with E-state index in [1.165, 1.54) is 0 Å². The standard InChI is InChI=1S/C10H12N2O4/c13-7-9-3-1-8(2-4-9)5-11-10(14)6-12(15)16/h1-4,13H,5-7H2,(H,11,14). The molecule has 0 unspecified atom stereocenters. The molecule has 0 aliphatic rings. The molecule has 0 saturated carbocycles. The van der Waals surface area contributed by atoms with Gasteiger partial charge in [0.05, 0.1) is 6.61 Å². The van der Waals surface area contributed by atoms with Crippen LogP contribution in [-0.2, 0) is 17.9 Å². The van der Waals surface area contributed by atoms with Crippen LogP contribution in [0, 0.1) is 10.1 Å². The smallest absolute Gasteiger partial charge is 0.292 e. The summed E-state index contributed by atoms with van der Waals surface area (Å²) in [5, 5.41) is 21.2. The van der Waals surface area contributed by atoms with E-state index in [1.807, 2.05) is 0 Å². The minimum atomic E-state index is -0.714. The number of amides is 1. The number of carbonyl (C=O) groups is 1. The number of hydrogen-bond donors (Lipinski definition) is 2. The Labute approximate surface area is 92.0 Å². The van der Waals surface area contributed by atoms with E-state index in [9.17, 15) is 14.9 Å². The van der Waals surface area contributed by atoms with E-state index in [1.54, 1.807) is 24.3 Å². The molecule has 6 heteroatoms. The Kier molecular flexibility index (Phi) is 4.41. The van der Waals surface area contributed by atoms with Crippen LogP contribution < -0.4 is 5.32 Å². The maximum absolute atomic E-state index is 11.0. The second-order valence-electron chi connectivity index (χ2n) is 3.24. The maximum Gasteiger partial charge on any atom is 0.292 e. The molecule has 16 heavy (non-hydrogen) atoms. The highest BCUT2D eigenvalue weighted by molar-refractivity contribution is 5.76. The summed E-state index contributed by atoms with van der Waals surface area (Å²) in [6.45, 7) is -0.499. The highest BCUT2D eigenvalue weighted by Crippen LogP contribution is 2.03. The van der Waals surface area contributed by atoms with Gasteiger partial charge < -0.3 is 10.4 Å². The number of hydrogen-bond acceptors (Lipinski definition) is 4. The van der Waals surface area contributed by atoms with Crippen molar-refractivity contribution < 1.29 is 14.8 Å². The molecule has 0 radical (unpaired) electrons. The average Bonchev–Trinajstić information content (AvgIpc) is 2.26. The van der Waals surface area contributed by atoms with E-state index in [-0.39, 0.29) is 13.2 Å². The molecule has 0 heterocycles. The predicted octanol–water partition coefficient (Wildman–Crippen LogP) is 0.0718. The van der Waals surface area contributed by atoms with Gasteiger partial charge in [0.25, 0.3) is 12.5 Å². The average molecular weight is 224 g/mol. The van der Waals surface area contributed by atoms with Gasteiger partial charge in [0.2, 0.25) is 0 Å². The van der Waals surface area contributed by atoms with Crippen LogP contribution in [0.5, 0.6) is 0 Å². The second-order valence-corrected chi connectivity index (χ2v) is 3.24. The third kappa shape index (κ3) is 4.05. The molecule has 0 atom stereocenters. The lowest BCUT2D eigenvalue weighted by Crippen LogP contribution is -2.29. The van der Waals surface area contributed by atoms with Crippen molar-refractivity contribution in [2.45, 2.75) is 13.2 Å². The first kappa shape index (κ1) is 12.1. The number of benzene rings is 1. The van der Waals surface area contributed by atoms with Crippen molar-refractivity contribution in [2.24, 2.45) is 0 Å². The Balaban J connectivity index is 2.42. The number of aliphatic hydroxyl groups is 1. The van der Waals surface area contributed by atoms with Crippen LogP contribution in [0.15, 0.2) is 24.3 Å². The zero-order valence-corrected chi connectivity index (χ0v) is 8.55. The Morgan fingerprint density at radius 3 is 2.38 bits per heavy atom. The fourth-order valence-electron chi connectivity index (χ4n) is 1.14. The lowest BCUT2D eigenvalue weighted by molar-refractivity contribution is -0.467. The van der Waals surface area contributed by atoms with Crippen molar-refractivity contribution in [2.75, 3.05) is 6.54 Å². The Morgan fingerprint density at radius 2 is 1.88 bits per heavy atom. The fraction of sp³-hybridized carbons (Fsp3) is 0.300. The van der Waals surface area contributed by atoms with Crippen LogP contribution >= 0.6 is 0 Å². The second kappa shape index (κ2) is 5.82. The Bertz CT molecular complexity index is 375. The monoisotopic (exact) mass is 224 g/mol. The van der Waals surface area contributed by atoms with Crippen molar-refractivity contribution in [1.29, 1.82) is 0 Å². The van der Waals surface area contributed by atoms with E-state index < -0.39 is 17.4 Å². The number of nitrogens with one attached hydrogen (secondary N) is 1. The first-order chi connectivity index (χ1) is 7.61. The fourth-order valence-corrected chi connectivity index (χ4v) is 1.14. The summed E-state index contributed by atoms with van der Waals surface area (Å²) in [6, 6.07) is 6.96. The third-order valence-corrected chi connectivity index (χ3v) is 1.97. The molecule has 0 aliphatic heterocycles. The molecular weight excluding hydrogens is 212 g/mol. The molecule has 0 aromatic heterocycles. The van der Waals surface area contributed by atoms with Gasteiger partial charge >= 0.3 is 0 Å². The molecule has 0 saturated heterocycles. The predicted molar refractivity (Wildman–Crippen MR) is 56.1 cm³/mol. The molecule has 1 aromatic rings. The summed E-state index contributed by atoms with van der Waals surface area (Å²) in [5.41, 5.74) is 1.61. The lowest BCUT2D eigenvalue weighted by Gasteiger charge is -2.03. The Morgan fingerprint density at radius 1 is 1.31 bits per heavy atom. The van der Waals surface area contributed by atoms with Crippen LogP contribution in [0.1, 0.15) is 11.1 Å². The van der Waals surface area contributed by atoms with Gasteiger partial charge in [0, 0.05) is 11.5 Å². The Hall–Kier alpha value is -1.95. The van der Waals surface area contributed by atoms with Crippen LogP contribution in [-0.4, -0.2) is 22.5 Å². The number of nitro groups is 1. The number of nitrogens with zero attached hydrogens (tertiary/aromatic N) is 1. The highest BCUT2D eigenvalue weighted by Gasteiger charge is 2.07. The van der Waals surface area contributed by atoms with Crippen molar-refractivity contribution >= 4 is 5.91 Å². The first-order valence-corrected chi connectivity index (χ1v) is 4.69. The van der Waals surface area contributed by atoms with Crippen LogP contribution in [0.3, 0.4) is 0 Å². The molecule has 0 spiro atoms. The molecule has 1 rings (SSSR count). The maximum atomic E-state index is 11.0. The van der Waals surface area contributed by atoms with Crippen molar-refractivity contribution in [3.05, 3.63) is 45.5 Å². The quantitative estimate of drug-likeness (QED) is 0.547. The number of carbonyl (C=O) groups excluding carboxylic acids is 1. The van der Waals surface area contributed by atoms with E-state index in [0.717, 1.165) is 11.1 Å². The summed E-state index contributed by atoms with van der Waals surface area (Å²) in [4.78, 5) is 20.3. The summed E-state index contributed by atoms with van der Waals surface area (Å²) >= 11 is 0. The van der Waals surface area contributed by atoms with Gasteiger partial charge in [0.1, 0.15) is 0 Å². The summed E-state index contributed by atoms with van der Waals surface area (Å²) in [7, 11) is 0. The molecule has 1 aromatic carbocycles. The van der Waals surface area contributed by atoms with Gasteiger partial charge in [-0.05, 0) is 11.1 Å².